The lowest BCUT2D eigenvalue weighted by atomic mass is 9.99. The van der Waals surface area contributed by atoms with Crippen LogP contribution in [0.1, 0.15) is 29.7 Å². The molecule has 1 heterocycles. The highest BCUT2D eigenvalue weighted by atomic mass is 79.9. The number of pyridine rings is 1. The molecule has 0 spiro atoms. The highest BCUT2D eigenvalue weighted by molar-refractivity contribution is 9.10. The molecule has 3 nitrogen and oxygen atoms in total. The number of hydrogen-bond donors (Lipinski definition) is 2. The van der Waals surface area contributed by atoms with Crippen molar-refractivity contribution in [3.63, 3.8) is 0 Å². The number of nitrogens with one attached hydrogen (secondary N) is 1. The zero-order chi connectivity index (χ0) is 14.5. The second-order valence-corrected chi connectivity index (χ2v) is 5.95. The van der Waals surface area contributed by atoms with Crippen molar-refractivity contribution in [2.75, 3.05) is 6.54 Å². The first-order valence-electron chi connectivity index (χ1n) is 6.64. The molecule has 4 heteroatoms. The number of halogens is 1. The van der Waals surface area contributed by atoms with Gasteiger partial charge in [0.15, 0.2) is 0 Å². The van der Waals surface area contributed by atoms with Crippen LogP contribution in [-0.2, 0) is 0 Å². The Kier molecular flexibility index (Phi) is 5.29. The Morgan fingerprint density at radius 2 is 1.90 bits per heavy atom. The maximum absolute atomic E-state index is 9.51. The van der Waals surface area contributed by atoms with Gasteiger partial charge in [-0.25, -0.2) is 0 Å². The van der Waals surface area contributed by atoms with Crippen LogP contribution in [0, 0.1) is 6.92 Å². The number of benzene rings is 1. The molecule has 0 saturated heterocycles. The maximum Gasteiger partial charge on any atom is 0.0636 e. The van der Waals surface area contributed by atoms with Gasteiger partial charge in [0.25, 0.3) is 0 Å². The van der Waals surface area contributed by atoms with Crippen molar-refractivity contribution in [3.05, 3.63) is 63.9 Å². The van der Waals surface area contributed by atoms with Crippen molar-refractivity contribution in [2.24, 2.45) is 0 Å². The third-order valence-corrected chi connectivity index (χ3v) is 3.52. The monoisotopic (exact) mass is 334 g/mol. The van der Waals surface area contributed by atoms with Gasteiger partial charge in [0.2, 0.25) is 0 Å². The highest BCUT2D eigenvalue weighted by Gasteiger charge is 2.15. The van der Waals surface area contributed by atoms with Crippen LogP contribution >= 0.6 is 15.9 Å². The van der Waals surface area contributed by atoms with Gasteiger partial charge in [0, 0.05) is 23.4 Å². The van der Waals surface area contributed by atoms with Gasteiger partial charge < -0.3 is 10.4 Å². The zero-order valence-corrected chi connectivity index (χ0v) is 13.3. The fraction of sp³-hybridized carbons (Fsp3) is 0.312. The molecule has 1 aromatic carbocycles. The summed E-state index contributed by atoms with van der Waals surface area (Å²) in [4.78, 5) is 4.23. The topological polar surface area (TPSA) is 45.1 Å². The van der Waals surface area contributed by atoms with Crippen molar-refractivity contribution in [1.29, 1.82) is 0 Å². The number of aromatic nitrogens is 1. The van der Waals surface area contributed by atoms with Crippen molar-refractivity contribution >= 4 is 15.9 Å². The molecule has 0 amide bonds. The van der Waals surface area contributed by atoms with E-state index in [1.807, 2.05) is 12.3 Å². The van der Waals surface area contributed by atoms with E-state index in [2.05, 4.69) is 57.4 Å². The van der Waals surface area contributed by atoms with E-state index < -0.39 is 0 Å². The third-order valence-electron chi connectivity index (χ3n) is 3.09. The van der Waals surface area contributed by atoms with Crippen LogP contribution in [-0.4, -0.2) is 22.7 Å². The quantitative estimate of drug-likeness (QED) is 0.882. The van der Waals surface area contributed by atoms with Crippen LogP contribution in [0.5, 0.6) is 0 Å². The summed E-state index contributed by atoms with van der Waals surface area (Å²) in [6, 6.07) is 10.5. The lowest BCUT2D eigenvalue weighted by Gasteiger charge is -2.21. The van der Waals surface area contributed by atoms with E-state index in [0.717, 1.165) is 15.6 Å². The van der Waals surface area contributed by atoms with E-state index in [1.54, 1.807) is 13.1 Å². The van der Waals surface area contributed by atoms with Crippen LogP contribution < -0.4 is 5.32 Å². The molecule has 0 fully saturated rings. The first-order chi connectivity index (χ1) is 9.56. The number of aryl methyl sites for hydroxylation is 1. The molecule has 0 aliphatic heterocycles. The Hall–Kier alpha value is -1.23. The highest BCUT2D eigenvalue weighted by Crippen LogP contribution is 2.24. The molecular weight excluding hydrogens is 316 g/mol. The van der Waals surface area contributed by atoms with Crippen LogP contribution in [0.4, 0.5) is 0 Å². The molecule has 0 aliphatic carbocycles. The molecule has 1 aromatic heterocycles. The maximum atomic E-state index is 9.51. The van der Waals surface area contributed by atoms with E-state index in [0.29, 0.717) is 6.54 Å². The molecule has 0 radical (unpaired) electrons. The molecule has 0 bridgehead atoms. The molecule has 1 unspecified atom stereocenters. The van der Waals surface area contributed by atoms with Crippen LogP contribution in [0.15, 0.2) is 47.2 Å². The van der Waals surface area contributed by atoms with E-state index in [-0.39, 0.29) is 12.1 Å². The first-order valence-corrected chi connectivity index (χ1v) is 7.44. The number of nitrogens with zero attached hydrogens (tertiary/aromatic N) is 1. The minimum absolute atomic E-state index is 0.0233. The summed E-state index contributed by atoms with van der Waals surface area (Å²) in [6.45, 7) is 4.38. The second kappa shape index (κ2) is 6.97. The van der Waals surface area contributed by atoms with Gasteiger partial charge in [-0.15, -0.1) is 0 Å². The molecule has 2 rings (SSSR count). The Labute approximate surface area is 128 Å². The van der Waals surface area contributed by atoms with Gasteiger partial charge in [-0.1, -0.05) is 29.8 Å². The van der Waals surface area contributed by atoms with Crippen molar-refractivity contribution in [2.45, 2.75) is 26.0 Å². The second-order valence-electron chi connectivity index (χ2n) is 5.04. The van der Waals surface area contributed by atoms with Crippen molar-refractivity contribution in [1.82, 2.24) is 10.3 Å². The minimum Gasteiger partial charge on any atom is -0.392 e. The summed E-state index contributed by atoms with van der Waals surface area (Å²) >= 11 is 3.45. The van der Waals surface area contributed by atoms with Gasteiger partial charge in [-0.3, -0.25) is 4.98 Å². The summed E-state index contributed by atoms with van der Waals surface area (Å²) in [5.74, 6) is 0. The zero-order valence-electron chi connectivity index (χ0n) is 11.7. The van der Waals surface area contributed by atoms with Crippen molar-refractivity contribution in [3.8, 4) is 0 Å². The molecule has 106 valence electrons. The van der Waals surface area contributed by atoms with Gasteiger partial charge in [0.1, 0.15) is 0 Å². The average molecular weight is 335 g/mol. The summed E-state index contributed by atoms with van der Waals surface area (Å²) in [6.07, 6.45) is 3.23. The van der Waals surface area contributed by atoms with Crippen LogP contribution in [0.2, 0.25) is 0 Å². The summed E-state index contributed by atoms with van der Waals surface area (Å²) < 4.78 is 0.950. The van der Waals surface area contributed by atoms with E-state index in [1.165, 1.54) is 5.56 Å². The summed E-state index contributed by atoms with van der Waals surface area (Å²) in [5.41, 5.74) is 3.47. The Bertz CT molecular complexity index is 555. The standard InChI is InChI=1S/C16H19BrN2O/c1-11-3-5-13(6-4-11)16(19-8-12(2)20)14-7-15(17)10-18-9-14/h3-7,9-10,12,16,19-20H,8H2,1-2H3/t12-,16?/m0/s1. The van der Waals surface area contributed by atoms with Crippen molar-refractivity contribution < 1.29 is 5.11 Å². The van der Waals surface area contributed by atoms with Gasteiger partial charge in [-0.05, 0) is 47.0 Å². The molecule has 2 aromatic rings. The molecule has 0 aliphatic rings. The van der Waals surface area contributed by atoms with Gasteiger partial charge in [-0.2, -0.15) is 0 Å². The smallest absolute Gasteiger partial charge is 0.0636 e. The Morgan fingerprint density at radius 1 is 1.20 bits per heavy atom. The Balaban J connectivity index is 2.31. The van der Waals surface area contributed by atoms with E-state index >= 15 is 0 Å². The predicted molar refractivity (Wildman–Crippen MR) is 84.6 cm³/mol. The molecule has 20 heavy (non-hydrogen) atoms. The molecule has 2 atom stereocenters. The number of aliphatic hydroxyl groups excluding tert-OH is 1. The normalized spacial score (nSPS) is 14.0. The van der Waals surface area contributed by atoms with Crippen LogP contribution in [0.25, 0.3) is 0 Å². The lowest BCUT2D eigenvalue weighted by molar-refractivity contribution is 0.188. The largest absolute Gasteiger partial charge is 0.392 e. The number of rotatable bonds is 5. The molecule has 0 saturated carbocycles. The fourth-order valence-electron chi connectivity index (χ4n) is 2.06. The molecule has 2 N–H and O–H groups in total. The van der Waals surface area contributed by atoms with Gasteiger partial charge in [0.05, 0.1) is 12.1 Å². The van der Waals surface area contributed by atoms with Gasteiger partial charge >= 0.3 is 0 Å². The van der Waals surface area contributed by atoms with Crippen LogP contribution in [0.3, 0.4) is 0 Å². The number of hydrogen-bond acceptors (Lipinski definition) is 3. The fourth-order valence-corrected chi connectivity index (χ4v) is 2.44. The summed E-state index contributed by atoms with van der Waals surface area (Å²) in [7, 11) is 0. The third kappa shape index (κ3) is 4.13. The molecular formula is C16H19BrN2O. The first kappa shape index (κ1) is 15.2. The average Bonchev–Trinajstić information content (AvgIpc) is 2.41. The SMILES string of the molecule is Cc1ccc(C(NC[C@H](C)O)c2cncc(Br)c2)cc1. The predicted octanol–water partition coefficient (Wildman–Crippen LogP) is 3.21. The Morgan fingerprint density at radius 3 is 2.50 bits per heavy atom. The van der Waals surface area contributed by atoms with E-state index in [9.17, 15) is 5.11 Å². The minimum atomic E-state index is -0.386. The van der Waals surface area contributed by atoms with E-state index in [4.69, 9.17) is 0 Å². The summed E-state index contributed by atoms with van der Waals surface area (Å²) in [5, 5.41) is 12.9. The lowest BCUT2D eigenvalue weighted by Crippen LogP contribution is -2.29. The number of aliphatic hydroxyl groups is 1.